The zero-order chi connectivity index (χ0) is 18.6. The van der Waals surface area contributed by atoms with Crippen LogP contribution in [0.1, 0.15) is 42.4 Å². The summed E-state index contributed by atoms with van der Waals surface area (Å²) in [6.45, 7) is 7.04. The number of hydrogen-bond donors (Lipinski definition) is 0. The first kappa shape index (κ1) is 18.4. The minimum atomic E-state index is -1.00. The molecule has 0 saturated heterocycles. The lowest BCUT2D eigenvalue weighted by atomic mass is 10.2. The highest BCUT2D eigenvalue weighted by Crippen LogP contribution is 2.18. The van der Waals surface area contributed by atoms with Crippen molar-refractivity contribution in [2.24, 2.45) is 0 Å². The molecule has 8 heteroatoms. The number of ether oxygens (including phenoxy) is 1. The van der Waals surface area contributed by atoms with E-state index in [-0.39, 0.29) is 18.1 Å². The Morgan fingerprint density at radius 3 is 2.64 bits per heavy atom. The Morgan fingerprint density at radius 2 is 2.08 bits per heavy atom. The van der Waals surface area contributed by atoms with Gasteiger partial charge in [-0.3, -0.25) is 9.78 Å². The Kier molecular flexibility index (Phi) is 5.41. The van der Waals surface area contributed by atoms with E-state index in [1.807, 2.05) is 6.92 Å². The monoisotopic (exact) mass is 346 g/mol. The summed E-state index contributed by atoms with van der Waals surface area (Å²) in [4.78, 5) is 36.0. The third-order valence-corrected chi connectivity index (χ3v) is 3.04. The summed E-state index contributed by atoms with van der Waals surface area (Å²) in [5, 5.41) is 0. The summed E-state index contributed by atoms with van der Waals surface area (Å²) in [6.07, 6.45) is 2.22. The fourth-order valence-electron chi connectivity index (χ4n) is 1.99. The van der Waals surface area contributed by atoms with Gasteiger partial charge in [0.25, 0.3) is 0 Å². The summed E-state index contributed by atoms with van der Waals surface area (Å²) in [6, 6.07) is 3.51. The van der Waals surface area contributed by atoms with E-state index in [0.717, 1.165) is 22.4 Å². The highest BCUT2D eigenvalue weighted by molar-refractivity contribution is 5.85. The lowest BCUT2D eigenvalue weighted by molar-refractivity contribution is 0.0575. The minimum Gasteiger partial charge on any atom is -0.443 e. The Hall–Kier alpha value is -2.90. The lowest BCUT2D eigenvalue weighted by Crippen LogP contribution is -2.37. The number of aldehydes is 1. The van der Waals surface area contributed by atoms with Gasteiger partial charge in [-0.25, -0.2) is 14.7 Å². The molecule has 0 fully saturated rings. The van der Waals surface area contributed by atoms with Gasteiger partial charge in [0.05, 0.1) is 12.1 Å². The van der Waals surface area contributed by atoms with Gasteiger partial charge in [0.2, 0.25) is 11.9 Å². The molecule has 0 N–H and O–H groups in total. The summed E-state index contributed by atoms with van der Waals surface area (Å²) >= 11 is 0. The second-order valence-electron chi connectivity index (χ2n) is 6.41. The minimum absolute atomic E-state index is 0.0676. The number of carbonyl (C=O) groups is 2. The molecule has 0 aliphatic carbocycles. The molecular formula is C17H19FN4O3. The number of pyridine rings is 1. The van der Waals surface area contributed by atoms with Gasteiger partial charge >= 0.3 is 6.09 Å². The first-order valence-electron chi connectivity index (χ1n) is 7.59. The standard InChI is InChI=1S/C17H19FN4O3/c1-11-7-12(5-6-19-11)9-22(16(24)25-17(2,3)4)15-20-8-13(10-23)14(18)21-15/h5-8,10H,9H2,1-4H3. The SMILES string of the molecule is Cc1cc(CN(C(=O)OC(C)(C)C)c2ncc(C=O)c(F)n2)ccn1. The molecule has 0 unspecified atom stereocenters. The third-order valence-electron chi connectivity index (χ3n) is 3.04. The normalized spacial score (nSPS) is 11.1. The van der Waals surface area contributed by atoms with Gasteiger partial charge in [0.15, 0.2) is 6.29 Å². The average Bonchev–Trinajstić information content (AvgIpc) is 2.51. The van der Waals surface area contributed by atoms with Crippen LogP contribution in [-0.4, -0.2) is 32.9 Å². The van der Waals surface area contributed by atoms with Crippen molar-refractivity contribution in [3.05, 3.63) is 47.3 Å². The maximum absolute atomic E-state index is 13.8. The predicted molar refractivity (Wildman–Crippen MR) is 88.8 cm³/mol. The molecular weight excluding hydrogens is 327 g/mol. The molecule has 0 atom stereocenters. The van der Waals surface area contributed by atoms with E-state index in [0.29, 0.717) is 6.29 Å². The first-order chi connectivity index (χ1) is 11.7. The van der Waals surface area contributed by atoms with E-state index in [2.05, 4.69) is 15.0 Å². The van der Waals surface area contributed by atoms with E-state index in [9.17, 15) is 14.0 Å². The van der Waals surface area contributed by atoms with Crippen molar-refractivity contribution < 1.29 is 18.7 Å². The summed E-state index contributed by atoms with van der Waals surface area (Å²) in [5.41, 5.74) is 0.490. The van der Waals surface area contributed by atoms with Crippen molar-refractivity contribution in [2.45, 2.75) is 39.8 Å². The predicted octanol–water partition coefficient (Wildman–Crippen LogP) is 3.07. The third kappa shape index (κ3) is 5.03. The second-order valence-corrected chi connectivity index (χ2v) is 6.41. The number of carbonyl (C=O) groups excluding carboxylic acids is 2. The quantitative estimate of drug-likeness (QED) is 0.625. The van der Waals surface area contributed by atoms with Gasteiger partial charge in [-0.15, -0.1) is 0 Å². The topological polar surface area (TPSA) is 85.3 Å². The molecule has 0 aliphatic heterocycles. The van der Waals surface area contributed by atoms with Crippen LogP contribution in [0, 0.1) is 12.9 Å². The lowest BCUT2D eigenvalue weighted by Gasteiger charge is -2.26. The van der Waals surface area contributed by atoms with Crippen molar-refractivity contribution in [1.29, 1.82) is 0 Å². The molecule has 132 valence electrons. The average molecular weight is 346 g/mol. The van der Waals surface area contributed by atoms with Crippen LogP contribution in [0.5, 0.6) is 0 Å². The molecule has 7 nitrogen and oxygen atoms in total. The number of rotatable bonds is 4. The number of hydrogen-bond acceptors (Lipinski definition) is 6. The van der Waals surface area contributed by atoms with Gasteiger partial charge in [0, 0.05) is 18.1 Å². The molecule has 2 aromatic heterocycles. The highest BCUT2D eigenvalue weighted by Gasteiger charge is 2.26. The molecule has 1 amide bonds. The maximum Gasteiger partial charge on any atom is 0.417 e. The van der Waals surface area contributed by atoms with Crippen LogP contribution in [0.25, 0.3) is 0 Å². The van der Waals surface area contributed by atoms with Crippen molar-refractivity contribution in [1.82, 2.24) is 15.0 Å². The first-order valence-corrected chi connectivity index (χ1v) is 7.59. The van der Waals surface area contributed by atoms with Crippen LogP contribution in [-0.2, 0) is 11.3 Å². The molecule has 2 aromatic rings. The van der Waals surface area contributed by atoms with Crippen LogP contribution < -0.4 is 4.90 Å². The number of aryl methyl sites for hydroxylation is 1. The van der Waals surface area contributed by atoms with E-state index in [1.165, 1.54) is 0 Å². The largest absolute Gasteiger partial charge is 0.443 e. The van der Waals surface area contributed by atoms with Crippen LogP contribution in [0.4, 0.5) is 15.1 Å². The zero-order valence-electron chi connectivity index (χ0n) is 14.5. The van der Waals surface area contributed by atoms with Crippen LogP contribution >= 0.6 is 0 Å². The number of amides is 1. The Morgan fingerprint density at radius 1 is 1.36 bits per heavy atom. The molecule has 2 rings (SSSR count). The zero-order valence-corrected chi connectivity index (χ0v) is 14.5. The van der Waals surface area contributed by atoms with Crippen LogP contribution in [0.2, 0.25) is 0 Å². The van der Waals surface area contributed by atoms with E-state index in [4.69, 9.17) is 4.74 Å². The molecule has 0 bridgehead atoms. The Balaban J connectivity index is 2.39. The highest BCUT2D eigenvalue weighted by atomic mass is 19.1. The van der Waals surface area contributed by atoms with Gasteiger partial charge in [0.1, 0.15) is 5.60 Å². The summed E-state index contributed by atoms with van der Waals surface area (Å²) in [5.74, 6) is -1.19. The van der Waals surface area contributed by atoms with Crippen molar-refractivity contribution in [3.8, 4) is 0 Å². The number of halogens is 1. The van der Waals surface area contributed by atoms with Crippen molar-refractivity contribution in [2.75, 3.05) is 4.90 Å². The fraction of sp³-hybridized carbons (Fsp3) is 0.353. The smallest absolute Gasteiger partial charge is 0.417 e. The maximum atomic E-state index is 13.8. The summed E-state index contributed by atoms with van der Waals surface area (Å²) in [7, 11) is 0. The van der Waals surface area contributed by atoms with Gasteiger partial charge in [-0.2, -0.15) is 9.37 Å². The van der Waals surface area contributed by atoms with Gasteiger partial charge in [-0.1, -0.05) is 0 Å². The molecule has 25 heavy (non-hydrogen) atoms. The molecule has 0 spiro atoms. The molecule has 0 aromatic carbocycles. The molecule has 2 heterocycles. The van der Waals surface area contributed by atoms with E-state index >= 15 is 0 Å². The van der Waals surface area contributed by atoms with Crippen molar-refractivity contribution >= 4 is 18.3 Å². The van der Waals surface area contributed by atoms with E-state index < -0.39 is 17.6 Å². The Labute approximate surface area is 144 Å². The van der Waals surface area contributed by atoms with Crippen LogP contribution in [0.3, 0.4) is 0 Å². The molecule has 0 saturated carbocycles. The van der Waals surface area contributed by atoms with Crippen molar-refractivity contribution in [3.63, 3.8) is 0 Å². The number of nitrogens with zero attached hydrogens (tertiary/aromatic N) is 4. The fourth-order valence-corrected chi connectivity index (χ4v) is 1.99. The second kappa shape index (κ2) is 7.33. The molecule has 0 radical (unpaired) electrons. The molecule has 0 aliphatic rings. The Bertz CT molecular complexity index is 790. The van der Waals surface area contributed by atoms with Crippen LogP contribution in [0.15, 0.2) is 24.5 Å². The van der Waals surface area contributed by atoms with Gasteiger partial charge < -0.3 is 4.74 Å². The number of anilines is 1. The van der Waals surface area contributed by atoms with E-state index in [1.54, 1.807) is 39.1 Å². The van der Waals surface area contributed by atoms with Gasteiger partial charge in [-0.05, 0) is 45.4 Å². The number of aromatic nitrogens is 3. The summed E-state index contributed by atoms with van der Waals surface area (Å²) < 4.78 is 19.2.